The van der Waals surface area contributed by atoms with Gasteiger partial charge in [-0.15, -0.1) is 0 Å². The second-order valence-electron chi connectivity index (χ2n) is 6.64. The summed E-state index contributed by atoms with van der Waals surface area (Å²) in [6.45, 7) is 1.29. The molecule has 1 aliphatic rings. The van der Waals surface area contributed by atoms with Crippen molar-refractivity contribution in [3.63, 3.8) is 0 Å². The Kier molecular flexibility index (Phi) is 5.95. The van der Waals surface area contributed by atoms with Gasteiger partial charge in [0.05, 0.1) is 12.6 Å². The summed E-state index contributed by atoms with van der Waals surface area (Å²) in [5.41, 5.74) is 1.97. The zero-order valence-corrected chi connectivity index (χ0v) is 16.8. The maximum absolute atomic E-state index is 6.02. The van der Waals surface area contributed by atoms with Gasteiger partial charge in [0.2, 0.25) is 11.7 Å². The van der Waals surface area contributed by atoms with Gasteiger partial charge in [-0.3, -0.25) is 4.99 Å². The Balaban J connectivity index is 1.32. The van der Waals surface area contributed by atoms with Crippen LogP contribution in [0.15, 0.2) is 58.0 Å². The number of hydrogen-bond acceptors (Lipinski definition) is 5. The van der Waals surface area contributed by atoms with Crippen molar-refractivity contribution in [2.75, 3.05) is 20.2 Å². The van der Waals surface area contributed by atoms with Crippen molar-refractivity contribution in [1.82, 2.24) is 20.8 Å². The molecule has 2 aromatic carbocycles. The number of ether oxygens (including phenoxy) is 1. The van der Waals surface area contributed by atoms with Crippen molar-refractivity contribution >= 4 is 17.6 Å². The summed E-state index contributed by atoms with van der Waals surface area (Å²) in [5, 5.41) is 11.4. The molecule has 0 saturated heterocycles. The quantitative estimate of drug-likeness (QED) is 0.492. The van der Waals surface area contributed by atoms with Crippen LogP contribution in [0.2, 0.25) is 5.02 Å². The summed E-state index contributed by atoms with van der Waals surface area (Å²) in [4.78, 5) is 8.76. The highest BCUT2D eigenvalue weighted by atomic mass is 35.5. The SMILES string of the molecule is CN=C(NCCc1nc(-c2cccc(Cl)c2)no1)NC1CCOc2ccccc21. The molecular formula is C21H22ClN5O2. The fourth-order valence-corrected chi connectivity index (χ4v) is 3.43. The smallest absolute Gasteiger partial charge is 0.228 e. The zero-order valence-electron chi connectivity index (χ0n) is 16.1. The fraction of sp³-hybridized carbons (Fsp3) is 0.286. The predicted molar refractivity (Wildman–Crippen MR) is 112 cm³/mol. The predicted octanol–water partition coefficient (Wildman–Crippen LogP) is 3.62. The Bertz CT molecular complexity index is 1000. The van der Waals surface area contributed by atoms with E-state index >= 15 is 0 Å². The molecule has 2 N–H and O–H groups in total. The second kappa shape index (κ2) is 8.96. The molecule has 0 spiro atoms. The lowest BCUT2D eigenvalue weighted by atomic mass is 10.0. The molecule has 1 atom stereocenters. The van der Waals surface area contributed by atoms with Gasteiger partial charge in [-0.2, -0.15) is 4.98 Å². The van der Waals surface area contributed by atoms with E-state index in [1.165, 1.54) is 0 Å². The molecule has 0 amide bonds. The summed E-state index contributed by atoms with van der Waals surface area (Å²) in [6, 6.07) is 15.6. The fourth-order valence-electron chi connectivity index (χ4n) is 3.24. The molecule has 8 heteroatoms. The Morgan fingerprint density at radius 3 is 3.00 bits per heavy atom. The lowest BCUT2D eigenvalue weighted by Gasteiger charge is -2.28. The molecule has 0 radical (unpaired) electrons. The maximum Gasteiger partial charge on any atom is 0.228 e. The van der Waals surface area contributed by atoms with E-state index in [4.69, 9.17) is 20.9 Å². The van der Waals surface area contributed by atoms with E-state index < -0.39 is 0 Å². The molecule has 3 aromatic rings. The van der Waals surface area contributed by atoms with Crippen molar-refractivity contribution in [1.29, 1.82) is 0 Å². The number of rotatable bonds is 5. The maximum atomic E-state index is 6.02. The van der Waals surface area contributed by atoms with E-state index in [0.717, 1.165) is 29.3 Å². The topological polar surface area (TPSA) is 84.6 Å². The van der Waals surface area contributed by atoms with Gasteiger partial charge in [0.25, 0.3) is 0 Å². The summed E-state index contributed by atoms with van der Waals surface area (Å²) in [6.07, 6.45) is 1.46. The highest BCUT2D eigenvalue weighted by Crippen LogP contribution is 2.31. The number of hydrogen-bond donors (Lipinski definition) is 2. The van der Waals surface area contributed by atoms with Gasteiger partial charge in [0, 0.05) is 42.6 Å². The lowest BCUT2D eigenvalue weighted by Crippen LogP contribution is -2.41. The molecule has 7 nitrogen and oxygen atoms in total. The van der Waals surface area contributed by atoms with Gasteiger partial charge in [-0.25, -0.2) is 0 Å². The highest BCUT2D eigenvalue weighted by molar-refractivity contribution is 6.30. The number of nitrogens with zero attached hydrogens (tertiary/aromatic N) is 3. The summed E-state index contributed by atoms with van der Waals surface area (Å²) < 4.78 is 11.1. The molecule has 29 heavy (non-hydrogen) atoms. The monoisotopic (exact) mass is 411 g/mol. The molecule has 0 saturated carbocycles. The van der Waals surface area contributed by atoms with E-state index in [9.17, 15) is 0 Å². The number of nitrogens with one attached hydrogen (secondary N) is 2. The number of halogens is 1. The van der Waals surface area contributed by atoms with Crippen molar-refractivity contribution < 1.29 is 9.26 Å². The van der Waals surface area contributed by atoms with Gasteiger partial charge in [0.15, 0.2) is 5.96 Å². The van der Waals surface area contributed by atoms with E-state index in [1.54, 1.807) is 7.05 Å². The molecule has 1 aromatic heterocycles. The van der Waals surface area contributed by atoms with Crippen molar-refractivity contribution in [3.05, 3.63) is 65.0 Å². The molecule has 0 bridgehead atoms. The molecule has 1 unspecified atom stereocenters. The minimum absolute atomic E-state index is 0.156. The summed E-state index contributed by atoms with van der Waals surface area (Å²) in [5.74, 6) is 2.73. The first-order valence-electron chi connectivity index (χ1n) is 9.50. The van der Waals surface area contributed by atoms with Crippen LogP contribution >= 0.6 is 11.6 Å². The normalized spacial score (nSPS) is 16.1. The first-order chi connectivity index (χ1) is 14.2. The molecule has 0 fully saturated rings. The van der Waals surface area contributed by atoms with Crippen LogP contribution in [-0.4, -0.2) is 36.3 Å². The first-order valence-corrected chi connectivity index (χ1v) is 9.88. The minimum atomic E-state index is 0.156. The Hall–Kier alpha value is -3.06. The van der Waals surface area contributed by atoms with Crippen molar-refractivity contribution in [2.24, 2.45) is 4.99 Å². The van der Waals surface area contributed by atoms with Crippen LogP contribution in [-0.2, 0) is 6.42 Å². The van der Waals surface area contributed by atoms with Crippen LogP contribution in [0, 0.1) is 0 Å². The average Bonchev–Trinajstić information content (AvgIpc) is 3.22. The van der Waals surface area contributed by atoms with E-state index in [-0.39, 0.29) is 6.04 Å². The molecular weight excluding hydrogens is 390 g/mol. The van der Waals surface area contributed by atoms with Crippen LogP contribution in [0.3, 0.4) is 0 Å². The van der Waals surface area contributed by atoms with Crippen LogP contribution in [0.25, 0.3) is 11.4 Å². The molecule has 2 heterocycles. The molecule has 150 valence electrons. The largest absolute Gasteiger partial charge is 0.493 e. The van der Waals surface area contributed by atoms with Gasteiger partial charge >= 0.3 is 0 Å². The molecule has 0 aliphatic carbocycles. The third-order valence-corrected chi connectivity index (χ3v) is 4.91. The number of benzene rings is 2. The van der Waals surface area contributed by atoms with Crippen LogP contribution in [0.4, 0.5) is 0 Å². The average molecular weight is 412 g/mol. The Morgan fingerprint density at radius 1 is 1.24 bits per heavy atom. The molecule has 1 aliphatic heterocycles. The molecule has 4 rings (SSSR count). The van der Waals surface area contributed by atoms with Gasteiger partial charge < -0.3 is 19.9 Å². The van der Waals surface area contributed by atoms with Gasteiger partial charge in [0.1, 0.15) is 5.75 Å². The Labute approximate surface area is 174 Å². The third-order valence-electron chi connectivity index (χ3n) is 4.68. The highest BCUT2D eigenvalue weighted by Gasteiger charge is 2.21. The summed E-state index contributed by atoms with van der Waals surface area (Å²) in [7, 11) is 1.75. The minimum Gasteiger partial charge on any atom is -0.493 e. The number of guanidine groups is 1. The summed E-state index contributed by atoms with van der Waals surface area (Å²) >= 11 is 6.02. The number of para-hydroxylation sites is 1. The van der Waals surface area contributed by atoms with Crippen molar-refractivity contribution in [3.8, 4) is 17.1 Å². The first kappa shape index (κ1) is 19.3. The van der Waals surface area contributed by atoms with E-state index in [1.807, 2.05) is 42.5 Å². The van der Waals surface area contributed by atoms with E-state index in [0.29, 0.717) is 36.3 Å². The van der Waals surface area contributed by atoms with Crippen LogP contribution in [0.5, 0.6) is 5.75 Å². The third kappa shape index (κ3) is 4.68. The Morgan fingerprint density at radius 2 is 2.14 bits per heavy atom. The standard InChI is InChI=1S/C21H22ClN5O2/c1-23-21(25-17-10-12-28-18-8-3-2-7-16(17)18)24-11-9-19-26-20(27-29-19)14-5-4-6-15(22)13-14/h2-8,13,17H,9-12H2,1H3,(H2,23,24,25). The second-order valence-corrected chi connectivity index (χ2v) is 7.08. The number of aliphatic imine (C=N–C) groups is 1. The van der Waals surface area contributed by atoms with Crippen molar-refractivity contribution in [2.45, 2.75) is 18.9 Å². The lowest BCUT2D eigenvalue weighted by molar-refractivity contribution is 0.261. The van der Waals surface area contributed by atoms with Gasteiger partial charge in [-0.05, 0) is 18.2 Å². The van der Waals surface area contributed by atoms with E-state index in [2.05, 4.69) is 31.8 Å². The van der Waals surface area contributed by atoms with Crippen LogP contribution < -0.4 is 15.4 Å². The van der Waals surface area contributed by atoms with Gasteiger partial charge in [-0.1, -0.05) is 47.1 Å². The number of fused-ring (bicyclic) bond motifs is 1. The number of aromatic nitrogens is 2. The zero-order chi connectivity index (χ0) is 20.1. The van der Waals surface area contributed by atoms with Crippen LogP contribution in [0.1, 0.15) is 23.9 Å².